The van der Waals surface area contributed by atoms with E-state index in [-0.39, 0.29) is 17.5 Å². The predicted octanol–water partition coefficient (Wildman–Crippen LogP) is 2.01. The molecule has 11 heteroatoms. The number of benzene rings is 2. The molecule has 184 valence electrons. The van der Waals surface area contributed by atoms with Gasteiger partial charge in [-0.3, -0.25) is 5.41 Å². The minimum atomic E-state index is -4.05. The largest absolute Gasteiger partial charge is 0.370 e. The van der Waals surface area contributed by atoms with Crippen molar-refractivity contribution >= 4 is 21.8 Å². The van der Waals surface area contributed by atoms with Crippen LogP contribution in [0.5, 0.6) is 0 Å². The van der Waals surface area contributed by atoms with Crippen molar-refractivity contribution in [3.63, 3.8) is 0 Å². The number of primary sulfonamides is 1. The summed E-state index contributed by atoms with van der Waals surface area (Å²) in [5.74, 6) is 1.09. The molecule has 35 heavy (non-hydrogen) atoms. The molecule has 0 spiro atoms. The number of sulfonamides is 1. The fourth-order valence-electron chi connectivity index (χ4n) is 5.15. The molecule has 0 amide bonds. The zero-order valence-corrected chi connectivity index (χ0v) is 20.3. The molecule has 2 aromatic rings. The van der Waals surface area contributed by atoms with Gasteiger partial charge in [0.25, 0.3) is 0 Å². The Kier molecular flexibility index (Phi) is 6.39. The summed E-state index contributed by atoms with van der Waals surface area (Å²) in [5, 5.41) is 24.8. The summed E-state index contributed by atoms with van der Waals surface area (Å²) in [6.07, 6.45) is 2.62. The molecule has 3 aliphatic rings. The van der Waals surface area contributed by atoms with Gasteiger partial charge in [-0.25, -0.2) is 18.5 Å². The fourth-order valence-corrected chi connectivity index (χ4v) is 6.15. The highest BCUT2D eigenvalue weighted by atomic mass is 32.2. The summed E-state index contributed by atoms with van der Waals surface area (Å²) in [4.78, 5) is 6.29. The van der Waals surface area contributed by atoms with E-state index >= 15 is 0 Å². The standard InChI is InChI=1S/C24H30N8O2S/c25-24(26)32-12-19(13-32)16-1-3-17(4-2-16)20-6-5-18(11-15-7-9-28-10-8-15)22(35(27,33)34)21(20)23-29-14-30-31-23/h1-6,15,19,28H,7-14H2,(H3,25,26)(H2,27,33,34). The minimum Gasteiger partial charge on any atom is -0.370 e. The van der Waals surface area contributed by atoms with E-state index in [0.717, 1.165) is 50.1 Å². The summed E-state index contributed by atoms with van der Waals surface area (Å²) >= 11 is 0. The van der Waals surface area contributed by atoms with Crippen LogP contribution in [0.4, 0.5) is 0 Å². The zero-order chi connectivity index (χ0) is 24.6. The number of nitrogens with two attached hydrogens (primary N) is 2. The molecule has 0 radical (unpaired) electrons. The maximum absolute atomic E-state index is 12.9. The summed E-state index contributed by atoms with van der Waals surface area (Å²) in [6.45, 7) is 3.47. The summed E-state index contributed by atoms with van der Waals surface area (Å²) < 4.78 is 25.9. The van der Waals surface area contributed by atoms with Gasteiger partial charge in [-0.05, 0) is 60.5 Å². The highest BCUT2D eigenvalue weighted by Gasteiger charge is 2.30. The SMILES string of the molecule is N=C(N)N1CC(c2ccc(-c3ccc(CC4CCNCC4)c(S(N)(=O)=O)c3C3=NCN=N3)cc2)C1. The van der Waals surface area contributed by atoms with Gasteiger partial charge in [0.15, 0.2) is 18.5 Å². The second-order valence-electron chi connectivity index (χ2n) is 9.39. The molecule has 0 aromatic heterocycles. The Morgan fingerprint density at radius 1 is 1.11 bits per heavy atom. The number of rotatable bonds is 6. The van der Waals surface area contributed by atoms with Gasteiger partial charge in [0.05, 0.1) is 4.90 Å². The first-order valence-corrected chi connectivity index (χ1v) is 13.4. The number of likely N-dealkylation sites (tertiary alicyclic amines) is 1. The van der Waals surface area contributed by atoms with Crippen LogP contribution in [-0.2, 0) is 16.4 Å². The molecule has 10 nitrogen and oxygen atoms in total. The minimum absolute atomic E-state index is 0.0918. The molecule has 0 aliphatic carbocycles. The number of guanidine groups is 1. The third-order valence-corrected chi connectivity index (χ3v) is 8.11. The second-order valence-corrected chi connectivity index (χ2v) is 10.9. The lowest BCUT2D eigenvalue weighted by atomic mass is 9.87. The Morgan fingerprint density at radius 3 is 2.43 bits per heavy atom. The Bertz CT molecular complexity index is 1290. The average Bonchev–Trinajstić information content (AvgIpc) is 3.33. The van der Waals surface area contributed by atoms with Gasteiger partial charge in [0.1, 0.15) is 0 Å². The van der Waals surface area contributed by atoms with Gasteiger partial charge in [-0.1, -0.05) is 36.4 Å². The zero-order valence-electron chi connectivity index (χ0n) is 19.4. The number of piperidine rings is 1. The number of hydrogen-bond acceptors (Lipinski definition) is 7. The van der Waals surface area contributed by atoms with E-state index in [9.17, 15) is 8.42 Å². The third-order valence-electron chi connectivity index (χ3n) is 7.08. The Labute approximate surface area is 205 Å². The summed E-state index contributed by atoms with van der Waals surface area (Å²) in [6, 6.07) is 11.9. The number of azo groups is 1. The molecule has 3 aliphatic heterocycles. The highest BCUT2D eigenvalue weighted by molar-refractivity contribution is 7.89. The molecule has 0 atom stereocenters. The molecule has 2 saturated heterocycles. The van der Waals surface area contributed by atoms with Crippen molar-refractivity contribution in [1.82, 2.24) is 10.2 Å². The number of nitrogens with zero attached hydrogens (tertiary/aromatic N) is 4. The van der Waals surface area contributed by atoms with E-state index in [1.54, 1.807) is 0 Å². The number of hydrogen-bond donors (Lipinski definition) is 4. The van der Waals surface area contributed by atoms with E-state index in [1.807, 2.05) is 41.3 Å². The molecule has 0 bridgehead atoms. The Morgan fingerprint density at radius 2 is 1.83 bits per heavy atom. The van der Waals surface area contributed by atoms with E-state index in [4.69, 9.17) is 16.3 Å². The normalized spacial score (nSPS) is 19.0. The van der Waals surface area contributed by atoms with Crippen molar-refractivity contribution in [2.24, 2.45) is 32.0 Å². The number of amidine groups is 1. The second kappa shape index (κ2) is 9.48. The molecular formula is C24H30N8O2S. The summed E-state index contributed by atoms with van der Waals surface area (Å²) in [7, 11) is -4.05. The monoisotopic (exact) mass is 494 g/mol. The topological polar surface area (TPSA) is 162 Å². The van der Waals surface area contributed by atoms with Crippen molar-refractivity contribution in [2.75, 3.05) is 32.8 Å². The predicted molar refractivity (Wildman–Crippen MR) is 135 cm³/mol. The number of nitrogens with one attached hydrogen (secondary N) is 2. The van der Waals surface area contributed by atoms with Crippen molar-refractivity contribution in [1.29, 1.82) is 5.41 Å². The third kappa shape index (κ3) is 4.84. The van der Waals surface area contributed by atoms with Crippen LogP contribution in [0.3, 0.4) is 0 Å². The van der Waals surface area contributed by atoms with E-state index in [0.29, 0.717) is 40.8 Å². The smallest absolute Gasteiger partial charge is 0.239 e. The lowest BCUT2D eigenvalue weighted by Crippen LogP contribution is -2.51. The van der Waals surface area contributed by atoms with Crippen LogP contribution in [0, 0.1) is 11.3 Å². The lowest BCUT2D eigenvalue weighted by molar-refractivity contribution is 0.248. The Hall–Kier alpha value is -3.15. The van der Waals surface area contributed by atoms with Crippen LogP contribution < -0.4 is 16.2 Å². The molecule has 2 fully saturated rings. The van der Waals surface area contributed by atoms with Crippen LogP contribution >= 0.6 is 0 Å². The molecule has 6 N–H and O–H groups in total. The van der Waals surface area contributed by atoms with Crippen LogP contribution in [0.15, 0.2) is 56.5 Å². The lowest BCUT2D eigenvalue weighted by Gasteiger charge is -2.39. The van der Waals surface area contributed by atoms with E-state index in [1.165, 1.54) is 0 Å². The molecule has 2 aromatic carbocycles. The van der Waals surface area contributed by atoms with Gasteiger partial charge in [-0.2, -0.15) is 5.11 Å². The molecular weight excluding hydrogens is 464 g/mol. The van der Waals surface area contributed by atoms with E-state index < -0.39 is 10.0 Å². The first-order valence-electron chi connectivity index (χ1n) is 11.8. The first kappa shape index (κ1) is 23.6. The summed E-state index contributed by atoms with van der Waals surface area (Å²) in [5.41, 5.74) is 9.42. The van der Waals surface area contributed by atoms with Crippen molar-refractivity contribution in [2.45, 2.75) is 30.1 Å². The molecule has 0 unspecified atom stereocenters. The van der Waals surface area contributed by atoms with Gasteiger partial charge in [0, 0.05) is 24.6 Å². The molecule has 5 rings (SSSR count). The van der Waals surface area contributed by atoms with Crippen molar-refractivity contribution in [3.05, 3.63) is 53.1 Å². The molecule has 3 heterocycles. The van der Waals surface area contributed by atoms with Gasteiger partial charge < -0.3 is 16.0 Å². The quantitative estimate of drug-likeness (QED) is 0.356. The Balaban J connectivity index is 1.54. The van der Waals surface area contributed by atoms with Crippen LogP contribution in [0.1, 0.15) is 35.4 Å². The maximum atomic E-state index is 12.9. The van der Waals surface area contributed by atoms with Gasteiger partial charge in [0.2, 0.25) is 10.0 Å². The number of aliphatic imine (C=N–C) groups is 1. The average molecular weight is 495 g/mol. The van der Waals surface area contributed by atoms with E-state index in [2.05, 4.69) is 20.5 Å². The maximum Gasteiger partial charge on any atom is 0.239 e. The first-order chi connectivity index (χ1) is 16.8. The molecule has 0 saturated carbocycles. The highest BCUT2D eigenvalue weighted by Crippen LogP contribution is 2.36. The van der Waals surface area contributed by atoms with Gasteiger partial charge in [-0.15, -0.1) is 5.11 Å². The van der Waals surface area contributed by atoms with Crippen molar-refractivity contribution in [3.8, 4) is 11.1 Å². The fraction of sp³-hybridized carbons (Fsp3) is 0.417. The van der Waals surface area contributed by atoms with Gasteiger partial charge >= 0.3 is 0 Å². The van der Waals surface area contributed by atoms with Crippen molar-refractivity contribution < 1.29 is 8.42 Å². The van der Waals surface area contributed by atoms with Crippen LogP contribution in [0.25, 0.3) is 11.1 Å². The van der Waals surface area contributed by atoms with Crippen LogP contribution in [-0.4, -0.2) is 58.0 Å². The van der Waals surface area contributed by atoms with Crippen LogP contribution in [0.2, 0.25) is 0 Å².